The van der Waals surface area contributed by atoms with Gasteiger partial charge in [-0.05, 0) is 12.1 Å². The van der Waals surface area contributed by atoms with E-state index in [-0.39, 0.29) is 15.8 Å². The van der Waals surface area contributed by atoms with Crippen LogP contribution in [0.4, 0.5) is 5.13 Å². The highest BCUT2D eigenvalue weighted by Gasteiger charge is 2.22. The van der Waals surface area contributed by atoms with Gasteiger partial charge >= 0.3 is 0 Å². The van der Waals surface area contributed by atoms with Crippen molar-refractivity contribution in [3.8, 4) is 11.5 Å². The Morgan fingerprint density at radius 1 is 1.35 bits per heavy atom. The number of hydrogen-bond acceptors (Lipinski definition) is 8. The van der Waals surface area contributed by atoms with Gasteiger partial charge in [0, 0.05) is 11.8 Å². The molecule has 0 amide bonds. The van der Waals surface area contributed by atoms with Gasteiger partial charge in [-0.15, -0.1) is 16.8 Å². The fourth-order valence-corrected chi connectivity index (χ4v) is 4.53. The van der Waals surface area contributed by atoms with E-state index in [2.05, 4.69) is 21.5 Å². The minimum Gasteiger partial charge on any atom is -0.497 e. The van der Waals surface area contributed by atoms with Gasteiger partial charge in [0.1, 0.15) is 16.4 Å². The van der Waals surface area contributed by atoms with E-state index in [1.165, 1.54) is 38.1 Å². The summed E-state index contributed by atoms with van der Waals surface area (Å²) in [5.41, 5.74) is 0. The predicted molar refractivity (Wildman–Crippen MR) is 91.2 cm³/mol. The van der Waals surface area contributed by atoms with Crippen LogP contribution in [0, 0.1) is 0 Å². The van der Waals surface area contributed by atoms with E-state index in [1.807, 2.05) is 0 Å². The molecule has 1 N–H and O–H groups in total. The molecule has 7 nitrogen and oxygen atoms in total. The van der Waals surface area contributed by atoms with Crippen LogP contribution in [0.1, 0.15) is 0 Å². The van der Waals surface area contributed by atoms with Crippen molar-refractivity contribution in [3.63, 3.8) is 0 Å². The summed E-state index contributed by atoms with van der Waals surface area (Å²) in [4.78, 5) is -0.0326. The Kier molecular flexibility index (Phi) is 5.85. The van der Waals surface area contributed by atoms with E-state index in [4.69, 9.17) is 9.47 Å². The van der Waals surface area contributed by atoms with E-state index in [9.17, 15) is 8.42 Å². The first-order valence-corrected chi connectivity index (χ1v) is 9.60. The SMILES string of the molecule is C=CCSc1nnc(NS(=O)(=O)c2cc(OC)ccc2OC)s1. The van der Waals surface area contributed by atoms with E-state index >= 15 is 0 Å². The summed E-state index contributed by atoms with van der Waals surface area (Å²) >= 11 is 2.57. The molecule has 0 saturated carbocycles. The predicted octanol–water partition coefficient (Wildman–Crippen LogP) is 2.63. The number of thioether (sulfide) groups is 1. The second kappa shape index (κ2) is 7.66. The zero-order valence-corrected chi connectivity index (χ0v) is 14.9. The molecule has 2 rings (SSSR count). The summed E-state index contributed by atoms with van der Waals surface area (Å²) in [6, 6.07) is 4.53. The molecule has 124 valence electrons. The largest absolute Gasteiger partial charge is 0.497 e. The number of anilines is 1. The molecule has 0 unspecified atom stereocenters. The average molecular weight is 373 g/mol. The van der Waals surface area contributed by atoms with Crippen molar-refractivity contribution in [2.24, 2.45) is 0 Å². The van der Waals surface area contributed by atoms with E-state index < -0.39 is 10.0 Å². The second-order valence-electron chi connectivity index (χ2n) is 4.10. The first kappa shape index (κ1) is 17.6. The zero-order valence-electron chi connectivity index (χ0n) is 12.5. The lowest BCUT2D eigenvalue weighted by Crippen LogP contribution is -2.14. The standard InChI is InChI=1S/C13H15N3O4S3/c1-4-7-21-13-15-14-12(22-13)16-23(17,18)11-8-9(19-2)5-6-10(11)20-3/h4-6,8H,1,7H2,2-3H3,(H,14,16). The number of sulfonamides is 1. The molecule has 0 atom stereocenters. The van der Waals surface area contributed by atoms with Crippen LogP contribution in [0.2, 0.25) is 0 Å². The number of hydrogen-bond donors (Lipinski definition) is 1. The maximum absolute atomic E-state index is 12.5. The summed E-state index contributed by atoms with van der Waals surface area (Å²) in [6.07, 6.45) is 1.73. The van der Waals surface area contributed by atoms with Gasteiger partial charge in [0.2, 0.25) is 5.13 Å². The number of ether oxygens (including phenoxy) is 2. The summed E-state index contributed by atoms with van der Waals surface area (Å²) in [5, 5.41) is 7.92. The number of nitrogens with one attached hydrogen (secondary N) is 1. The molecule has 0 aliphatic carbocycles. The molecular formula is C13H15N3O4S3. The highest BCUT2D eigenvalue weighted by Crippen LogP contribution is 2.31. The summed E-state index contributed by atoms with van der Waals surface area (Å²) in [7, 11) is -1.02. The lowest BCUT2D eigenvalue weighted by Gasteiger charge is -2.11. The third-order valence-corrected chi connectivity index (χ3v) is 6.07. The molecule has 0 saturated heterocycles. The van der Waals surface area contributed by atoms with Crippen LogP contribution < -0.4 is 14.2 Å². The van der Waals surface area contributed by atoms with E-state index in [0.717, 1.165) is 11.3 Å². The Morgan fingerprint density at radius 2 is 2.13 bits per heavy atom. The fraction of sp³-hybridized carbons (Fsp3) is 0.231. The van der Waals surface area contributed by atoms with Gasteiger partial charge < -0.3 is 9.47 Å². The quantitative estimate of drug-likeness (QED) is 0.562. The van der Waals surface area contributed by atoms with Crippen LogP contribution in [0.25, 0.3) is 0 Å². The molecule has 23 heavy (non-hydrogen) atoms. The Balaban J connectivity index is 2.28. The molecule has 2 aromatic rings. The molecule has 1 aromatic carbocycles. The lowest BCUT2D eigenvalue weighted by molar-refractivity contribution is 0.392. The highest BCUT2D eigenvalue weighted by molar-refractivity contribution is 8.01. The van der Waals surface area contributed by atoms with Gasteiger partial charge in [-0.2, -0.15) is 0 Å². The van der Waals surface area contributed by atoms with Gasteiger partial charge in [0.05, 0.1) is 14.2 Å². The maximum Gasteiger partial charge on any atom is 0.267 e. The molecule has 1 aromatic heterocycles. The number of methoxy groups -OCH3 is 2. The van der Waals surface area contributed by atoms with Crippen LogP contribution in [0.3, 0.4) is 0 Å². The molecule has 0 spiro atoms. The maximum atomic E-state index is 12.5. The number of rotatable bonds is 8. The molecule has 10 heteroatoms. The van der Waals surface area contributed by atoms with Crippen LogP contribution >= 0.6 is 23.1 Å². The number of benzene rings is 1. The first-order valence-electron chi connectivity index (χ1n) is 6.32. The Morgan fingerprint density at radius 3 is 2.78 bits per heavy atom. The Hall–Kier alpha value is -1.78. The van der Waals surface area contributed by atoms with E-state index in [1.54, 1.807) is 12.1 Å². The minimum atomic E-state index is -3.87. The summed E-state index contributed by atoms with van der Waals surface area (Å²) < 4.78 is 38.3. The Bertz CT molecular complexity index is 790. The van der Waals surface area contributed by atoms with Gasteiger partial charge in [-0.25, -0.2) is 8.42 Å². The van der Waals surface area contributed by atoms with Crippen molar-refractivity contribution in [3.05, 3.63) is 30.9 Å². The average Bonchev–Trinajstić information content (AvgIpc) is 2.98. The monoisotopic (exact) mass is 373 g/mol. The van der Waals surface area contributed by atoms with Crippen molar-refractivity contribution in [1.82, 2.24) is 10.2 Å². The smallest absolute Gasteiger partial charge is 0.267 e. The van der Waals surface area contributed by atoms with E-state index in [0.29, 0.717) is 15.8 Å². The summed E-state index contributed by atoms with van der Waals surface area (Å²) in [5.74, 6) is 1.29. The zero-order chi connectivity index (χ0) is 16.9. The number of aromatic nitrogens is 2. The molecule has 1 heterocycles. The van der Waals surface area contributed by atoms with Gasteiger partial charge in [-0.3, -0.25) is 4.72 Å². The third kappa shape index (κ3) is 4.36. The highest BCUT2D eigenvalue weighted by atomic mass is 32.2. The van der Waals surface area contributed by atoms with Gasteiger partial charge in [-0.1, -0.05) is 29.2 Å². The van der Waals surface area contributed by atoms with Crippen molar-refractivity contribution >= 4 is 38.3 Å². The molecule has 0 aliphatic rings. The molecule has 0 radical (unpaired) electrons. The molecule has 0 fully saturated rings. The topological polar surface area (TPSA) is 90.4 Å². The lowest BCUT2D eigenvalue weighted by atomic mass is 10.3. The van der Waals surface area contributed by atoms with Crippen LogP contribution in [0.15, 0.2) is 40.1 Å². The fourth-order valence-electron chi connectivity index (χ4n) is 1.60. The normalized spacial score (nSPS) is 11.0. The van der Waals surface area contributed by atoms with Crippen LogP contribution in [-0.4, -0.2) is 38.6 Å². The van der Waals surface area contributed by atoms with Crippen molar-refractivity contribution in [1.29, 1.82) is 0 Å². The second-order valence-corrected chi connectivity index (χ2v) is 7.99. The molecule has 0 bridgehead atoms. The van der Waals surface area contributed by atoms with Gasteiger partial charge in [0.25, 0.3) is 10.0 Å². The molecule has 0 aliphatic heterocycles. The minimum absolute atomic E-state index is 0.0326. The van der Waals surface area contributed by atoms with Gasteiger partial charge in [0.15, 0.2) is 4.34 Å². The Labute approximate surface area is 142 Å². The van der Waals surface area contributed by atoms with Crippen LogP contribution in [-0.2, 0) is 10.0 Å². The molecular weight excluding hydrogens is 358 g/mol. The van der Waals surface area contributed by atoms with Crippen molar-refractivity contribution in [2.45, 2.75) is 9.24 Å². The number of nitrogens with zero attached hydrogens (tertiary/aromatic N) is 2. The third-order valence-electron chi connectivity index (χ3n) is 2.61. The first-order chi connectivity index (χ1) is 11.0. The van der Waals surface area contributed by atoms with Crippen molar-refractivity contribution < 1.29 is 17.9 Å². The summed E-state index contributed by atoms with van der Waals surface area (Å²) in [6.45, 7) is 3.62. The van der Waals surface area contributed by atoms with Crippen LogP contribution in [0.5, 0.6) is 11.5 Å². The van der Waals surface area contributed by atoms with Crippen molar-refractivity contribution in [2.75, 3.05) is 24.7 Å².